The minimum absolute atomic E-state index is 0. The van der Waals surface area contributed by atoms with Crippen molar-refractivity contribution in [3.63, 3.8) is 0 Å². The number of piperidine rings is 1. The maximum absolute atomic E-state index is 12.5. The van der Waals surface area contributed by atoms with Gasteiger partial charge < -0.3 is 10.6 Å². The number of benzene rings is 1. The second-order valence-electron chi connectivity index (χ2n) is 6.60. The number of nitrogens with two attached hydrogens (primary N) is 1. The Kier molecular flexibility index (Phi) is 6.13. The van der Waals surface area contributed by atoms with Crippen LogP contribution in [0.2, 0.25) is 0 Å². The molecule has 1 aliphatic carbocycles. The van der Waals surface area contributed by atoms with Gasteiger partial charge in [0.15, 0.2) is 0 Å². The van der Waals surface area contributed by atoms with Crippen LogP contribution in [0.15, 0.2) is 24.3 Å². The molecule has 1 aromatic heterocycles. The van der Waals surface area contributed by atoms with Gasteiger partial charge in [0.2, 0.25) is 5.91 Å². The Morgan fingerprint density at radius 1 is 1.21 bits per heavy atom. The number of hydrogen-bond donors (Lipinski definition) is 1. The molecule has 1 aliphatic heterocycles. The van der Waals surface area contributed by atoms with Gasteiger partial charge in [-0.15, -0.1) is 36.2 Å². The molecule has 0 radical (unpaired) electrons. The van der Waals surface area contributed by atoms with Crippen LogP contribution in [0.25, 0.3) is 10.2 Å². The molecule has 7 heteroatoms. The highest BCUT2D eigenvalue weighted by atomic mass is 35.5. The molecule has 24 heavy (non-hydrogen) atoms. The van der Waals surface area contributed by atoms with E-state index in [0.717, 1.165) is 50.7 Å². The summed E-state index contributed by atoms with van der Waals surface area (Å²) < 4.78 is 1.26. The third-order valence-electron chi connectivity index (χ3n) is 5.11. The van der Waals surface area contributed by atoms with Gasteiger partial charge in [-0.2, -0.15) is 0 Å². The van der Waals surface area contributed by atoms with E-state index in [-0.39, 0.29) is 30.7 Å². The largest absolute Gasteiger partial charge is 0.341 e. The number of carbonyl (C=O) groups excluding carboxylic acids is 1. The summed E-state index contributed by atoms with van der Waals surface area (Å²) >= 11 is 1.80. The Balaban J connectivity index is 0.00000104. The first-order valence-electron chi connectivity index (χ1n) is 8.09. The first-order chi connectivity index (χ1) is 10.7. The van der Waals surface area contributed by atoms with Crippen molar-refractivity contribution in [3.05, 3.63) is 29.3 Å². The first kappa shape index (κ1) is 19.4. The molecule has 1 aromatic carbocycles. The second-order valence-corrected chi connectivity index (χ2v) is 7.66. The lowest BCUT2D eigenvalue weighted by Gasteiger charge is -2.42. The van der Waals surface area contributed by atoms with Crippen LogP contribution in [0.3, 0.4) is 0 Å². The van der Waals surface area contributed by atoms with E-state index in [1.165, 1.54) is 9.71 Å². The molecule has 0 bridgehead atoms. The Bertz CT molecular complexity index is 676. The SMILES string of the molecule is Cl.Cl.NC1(C(=O)N2CCC(c3nc4ccccc4s3)CC2)CCC1. The molecule has 2 aliphatic rings. The molecule has 2 fully saturated rings. The van der Waals surface area contributed by atoms with Crippen LogP contribution in [0, 0.1) is 0 Å². The monoisotopic (exact) mass is 387 g/mol. The lowest BCUT2D eigenvalue weighted by molar-refractivity contribution is -0.141. The van der Waals surface area contributed by atoms with Crippen molar-refractivity contribution in [2.24, 2.45) is 5.73 Å². The highest BCUT2D eigenvalue weighted by Gasteiger charge is 2.43. The molecule has 2 aromatic rings. The molecule has 0 unspecified atom stereocenters. The van der Waals surface area contributed by atoms with E-state index in [1.54, 1.807) is 11.3 Å². The van der Waals surface area contributed by atoms with Crippen molar-refractivity contribution in [1.29, 1.82) is 0 Å². The van der Waals surface area contributed by atoms with Gasteiger partial charge >= 0.3 is 0 Å². The van der Waals surface area contributed by atoms with Gasteiger partial charge in [-0.1, -0.05) is 12.1 Å². The third kappa shape index (κ3) is 3.40. The number of hydrogen-bond acceptors (Lipinski definition) is 4. The van der Waals surface area contributed by atoms with Crippen molar-refractivity contribution in [2.45, 2.75) is 43.6 Å². The standard InChI is InChI=1S/C17H21N3OS.2ClH/c18-17(8-3-9-17)16(21)20-10-6-12(7-11-20)15-19-13-4-1-2-5-14(13)22-15;;/h1-2,4-5,12H,3,6-11,18H2;2*1H. The van der Waals surface area contributed by atoms with Crippen LogP contribution >= 0.6 is 36.2 Å². The van der Waals surface area contributed by atoms with Crippen LogP contribution in [0.4, 0.5) is 0 Å². The summed E-state index contributed by atoms with van der Waals surface area (Å²) in [7, 11) is 0. The van der Waals surface area contributed by atoms with Crippen LogP contribution in [0.1, 0.15) is 43.0 Å². The topological polar surface area (TPSA) is 59.2 Å². The lowest BCUT2D eigenvalue weighted by Crippen LogP contribution is -2.60. The molecular weight excluding hydrogens is 365 g/mol. The number of nitrogens with zero attached hydrogens (tertiary/aromatic N) is 2. The molecule has 1 saturated carbocycles. The number of fused-ring (bicyclic) bond motifs is 1. The van der Waals surface area contributed by atoms with Crippen molar-refractivity contribution in [3.8, 4) is 0 Å². The zero-order chi connectivity index (χ0) is 15.2. The Labute approximate surface area is 158 Å². The molecule has 0 atom stereocenters. The van der Waals surface area contributed by atoms with Crippen LogP contribution in [-0.4, -0.2) is 34.4 Å². The Morgan fingerprint density at radius 3 is 2.46 bits per heavy atom. The van der Waals surface area contributed by atoms with Gasteiger partial charge in [0, 0.05) is 19.0 Å². The highest BCUT2D eigenvalue weighted by Crippen LogP contribution is 2.36. The zero-order valence-corrected chi connectivity index (χ0v) is 15.9. The number of aromatic nitrogens is 1. The number of thiazole rings is 1. The van der Waals surface area contributed by atoms with E-state index in [0.29, 0.717) is 5.92 Å². The maximum atomic E-state index is 12.5. The summed E-state index contributed by atoms with van der Waals surface area (Å²) in [6.07, 6.45) is 4.79. The molecule has 1 saturated heterocycles. The lowest BCUT2D eigenvalue weighted by atomic mass is 9.76. The Morgan fingerprint density at radius 2 is 1.88 bits per heavy atom. The zero-order valence-electron chi connectivity index (χ0n) is 13.4. The van der Waals surface area contributed by atoms with Gasteiger partial charge in [-0.3, -0.25) is 4.79 Å². The fourth-order valence-corrected chi connectivity index (χ4v) is 4.62. The Hall–Kier alpha value is -0.880. The first-order valence-corrected chi connectivity index (χ1v) is 8.91. The van der Waals surface area contributed by atoms with E-state index >= 15 is 0 Å². The summed E-state index contributed by atoms with van der Waals surface area (Å²) in [5.41, 5.74) is 6.71. The van der Waals surface area contributed by atoms with E-state index in [9.17, 15) is 4.79 Å². The molecule has 0 spiro atoms. The van der Waals surface area contributed by atoms with E-state index in [1.807, 2.05) is 11.0 Å². The van der Waals surface area contributed by atoms with E-state index in [4.69, 9.17) is 10.7 Å². The molecule has 4 rings (SSSR count). The molecule has 2 heterocycles. The number of para-hydroxylation sites is 1. The molecular formula is C17H23Cl2N3OS. The third-order valence-corrected chi connectivity index (χ3v) is 6.31. The normalized spacial score (nSPS) is 20.0. The second kappa shape index (κ2) is 7.56. The molecule has 1 amide bonds. The van der Waals surface area contributed by atoms with Crippen molar-refractivity contribution >= 4 is 52.3 Å². The number of carbonyl (C=O) groups is 1. The van der Waals surface area contributed by atoms with Gasteiger partial charge in [0.05, 0.1) is 20.8 Å². The maximum Gasteiger partial charge on any atom is 0.242 e. The van der Waals surface area contributed by atoms with Crippen LogP contribution < -0.4 is 5.73 Å². The minimum atomic E-state index is -0.553. The van der Waals surface area contributed by atoms with Crippen molar-refractivity contribution < 1.29 is 4.79 Å². The predicted octanol–water partition coefficient (Wildman–Crippen LogP) is 3.73. The summed E-state index contributed by atoms with van der Waals surface area (Å²) in [5.74, 6) is 0.651. The molecule has 2 N–H and O–H groups in total. The van der Waals surface area contributed by atoms with Gasteiger partial charge in [-0.05, 0) is 44.2 Å². The summed E-state index contributed by atoms with van der Waals surface area (Å²) in [5, 5.41) is 1.22. The smallest absolute Gasteiger partial charge is 0.242 e. The number of rotatable bonds is 2. The highest BCUT2D eigenvalue weighted by molar-refractivity contribution is 7.18. The summed E-state index contributed by atoms with van der Waals surface area (Å²) in [6.45, 7) is 1.64. The van der Waals surface area contributed by atoms with Crippen molar-refractivity contribution in [2.75, 3.05) is 13.1 Å². The van der Waals surface area contributed by atoms with E-state index in [2.05, 4.69) is 18.2 Å². The number of halogens is 2. The molecule has 132 valence electrons. The average molecular weight is 388 g/mol. The fourth-order valence-electron chi connectivity index (χ4n) is 3.48. The van der Waals surface area contributed by atoms with Gasteiger partial charge in [0.25, 0.3) is 0 Å². The minimum Gasteiger partial charge on any atom is -0.341 e. The fraction of sp³-hybridized carbons (Fsp3) is 0.529. The van der Waals surface area contributed by atoms with E-state index < -0.39 is 5.54 Å². The van der Waals surface area contributed by atoms with Crippen LogP contribution in [0.5, 0.6) is 0 Å². The summed E-state index contributed by atoms with van der Waals surface area (Å²) in [6, 6.07) is 8.30. The number of amides is 1. The van der Waals surface area contributed by atoms with Crippen LogP contribution in [-0.2, 0) is 4.79 Å². The summed E-state index contributed by atoms with van der Waals surface area (Å²) in [4.78, 5) is 19.2. The van der Waals surface area contributed by atoms with Gasteiger partial charge in [0.1, 0.15) is 0 Å². The average Bonchev–Trinajstić information content (AvgIpc) is 2.96. The number of likely N-dealkylation sites (tertiary alicyclic amines) is 1. The quantitative estimate of drug-likeness (QED) is 0.853. The predicted molar refractivity (Wildman–Crippen MR) is 103 cm³/mol. The van der Waals surface area contributed by atoms with Crippen molar-refractivity contribution in [1.82, 2.24) is 9.88 Å². The molecule has 4 nitrogen and oxygen atoms in total. The van der Waals surface area contributed by atoms with Gasteiger partial charge in [-0.25, -0.2) is 4.98 Å².